The summed E-state index contributed by atoms with van der Waals surface area (Å²) in [7, 11) is 3.63. The molecule has 2 aliphatic rings. The van der Waals surface area contributed by atoms with E-state index in [-0.39, 0.29) is 17.1 Å². The van der Waals surface area contributed by atoms with Gasteiger partial charge in [-0.3, -0.25) is 14.5 Å². The van der Waals surface area contributed by atoms with E-state index in [1.54, 1.807) is 17.3 Å². The number of rotatable bonds is 7. The van der Waals surface area contributed by atoms with Crippen LogP contribution in [0.25, 0.3) is 22.3 Å². The van der Waals surface area contributed by atoms with Gasteiger partial charge in [0.05, 0.1) is 30.1 Å². The monoisotopic (exact) mass is 552 g/mol. The van der Waals surface area contributed by atoms with Crippen LogP contribution in [-0.4, -0.2) is 80.3 Å². The summed E-state index contributed by atoms with van der Waals surface area (Å²) in [5.41, 5.74) is 3.39. The number of likely N-dealkylation sites (tertiary alicyclic amines) is 2. The minimum atomic E-state index is -0.421. The maximum atomic E-state index is 15.2. The Labute approximate surface area is 238 Å². The molecule has 210 valence electrons. The highest BCUT2D eigenvalue weighted by atomic mass is 19.1. The van der Waals surface area contributed by atoms with E-state index in [0.717, 1.165) is 54.8 Å². The first-order valence-corrected chi connectivity index (χ1v) is 13.9. The molecular formula is C30H33FN10. The van der Waals surface area contributed by atoms with Gasteiger partial charge in [0.15, 0.2) is 0 Å². The van der Waals surface area contributed by atoms with Crippen LogP contribution >= 0.6 is 0 Å². The number of nitrogens with one attached hydrogen (secondary N) is 1. The molecule has 0 aliphatic carbocycles. The molecule has 0 radical (unpaired) electrons. The van der Waals surface area contributed by atoms with Gasteiger partial charge in [-0.25, -0.2) is 14.4 Å². The average molecular weight is 553 g/mol. The molecular weight excluding hydrogens is 519 g/mol. The van der Waals surface area contributed by atoms with Crippen molar-refractivity contribution in [3.05, 3.63) is 60.1 Å². The molecule has 0 bridgehead atoms. The third-order valence-corrected chi connectivity index (χ3v) is 8.77. The lowest BCUT2D eigenvalue weighted by atomic mass is 9.83. The van der Waals surface area contributed by atoms with E-state index >= 15 is 4.39 Å². The summed E-state index contributed by atoms with van der Waals surface area (Å²) in [5.74, 6) is -0.421. The number of hydrogen-bond acceptors (Lipinski definition) is 8. The first kappa shape index (κ1) is 26.9. The lowest BCUT2D eigenvalue weighted by Gasteiger charge is -2.54. The number of aromatic amines is 1. The van der Waals surface area contributed by atoms with E-state index in [2.05, 4.69) is 42.8 Å². The Morgan fingerprint density at radius 3 is 2.76 bits per heavy atom. The van der Waals surface area contributed by atoms with Crippen molar-refractivity contribution in [1.82, 2.24) is 34.5 Å². The second-order valence-electron chi connectivity index (χ2n) is 11.5. The number of aromatic nitrogens is 5. The highest BCUT2D eigenvalue weighted by molar-refractivity contribution is 5.90. The molecule has 41 heavy (non-hydrogen) atoms. The molecule has 2 fully saturated rings. The number of hydrogen-bond donors (Lipinski definition) is 1. The van der Waals surface area contributed by atoms with Crippen molar-refractivity contribution < 1.29 is 4.39 Å². The molecule has 1 aromatic carbocycles. The number of halogens is 1. The van der Waals surface area contributed by atoms with Crippen LogP contribution in [0.1, 0.15) is 37.3 Å². The van der Waals surface area contributed by atoms with Gasteiger partial charge in [-0.1, -0.05) is 6.07 Å². The van der Waals surface area contributed by atoms with Crippen molar-refractivity contribution >= 4 is 16.7 Å². The summed E-state index contributed by atoms with van der Waals surface area (Å²) in [5, 5.41) is 24.9. The summed E-state index contributed by atoms with van der Waals surface area (Å²) < 4.78 is 17.2. The van der Waals surface area contributed by atoms with E-state index < -0.39 is 5.82 Å². The van der Waals surface area contributed by atoms with Gasteiger partial charge in [0.2, 0.25) is 0 Å². The SMILES string of the molecule is C[C@@H]1CC(N2CC(CC#N)(n3cc(-c4ncnc5[nH]ccc45)cn3)C2)CCN1Cc1ccc(N(C)C)c(C#N)c1F. The fourth-order valence-corrected chi connectivity index (χ4v) is 6.45. The topological polar surface area (TPSA) is 117 Å². The van der Waals surface area contributed by atoms with Crippen LogP contribution < -0.4 is 4.90 Å². The van der Waals surface area contributed by atoms with Crippen molar-refractivity contribution in [3.63, 3.8) is 0 Å². The number of anilines is 1. The highest BCUT2D eigenvalue weighted by Crippen LogP contribution is 2.38. The van der Waals surface area contributed by atoms with Crippen molar-refractivity contribution in [2.75, 3.05) is 38.6 Å². The van der Waals surface area contributed by atoms with E-state index in [9.17, 15) is 10.5 Å². The normalized spacial score (nSPS) is 20.8. The van der Waals surface area contributed by atoms with Gasteiger partial charge in [-0.05, 0) is 31.9 Å². The smallest absolute Gasteiger partial charge is 0.147 e. The number of nitriles is 2. The van der Waals surface area contributed by atoms with Gasteiger partial charge in [0.25, 0.3) is 0 Å². The maximum absolute atomic E-state index is 15.2. The molecule has 2 atom stereocenters. The molecule has 5 heterocycles. The molecule has 1 unspecified atom stereocenters. The predicted molar refractivity (Wildman–Crippen MR) is 153 cm³/mol. The Hall–Kier alpha value is -4.32. The average Bonchev–Trinajstić information content (AvgIpc) is 3.63. The summed E-state index contributed by atoms with van der Waals surface area (Å²) in [4.78, 5) is 18.4. The number of benzene rings is 1. The molecule has 0 amide bonds. The molecule has 0 saturated carbocycles. The van der Waals surface area contributed by atoms with Gasteiger partial charge in [0.1, 0.15) is 35.0 Å². The van der Waals surface area contributed by atoms with Crippen molar-refractivity contribution in [2.45, 2.75) is 50.4 Å². The van der Waals surface area contributed by atoms with Crippen LogP contribution in [0.5, 0.6) is 0 Å². The zero-order valence-electron chi connectivity index (χ0n) is 23.5. The molecule has 0 spiro atoms. The summed E-state index contributed by atoms with van der Waals surface area (Å²) in [6.07, 6.45) is 9.52. The molecule has 4 aromatic rings. The van der Waals surface area contributed by atoms with E-state index in [4.69, 9.17) is 0 Å². The number of fused-ring (bicyclic) bond motifs is 1. The largest absolute Gasteiger partial charge is 0.377 e. The summed E-state index contributed by atoms with van der Waals surface area (Å²) in [6, 6.07) is 10.7. The van der Waals surface area contributed by atoms with Crippen LogP contribution in [0.15, 0.2) is 43.1 Å². The van der Waals surface area contributed by atoms with Gasteiger partial charge in [-0.2, -0.15) is 15.6 Å². The number of nitrogens with zero attached hydrogens (tertiary/aromatic N) is 9. The Bertz CT molecular complexity index is 1650. The summed E-state index contributed by atoms with van der Waals surface area (Å²) in [6.45, 7) is 5.03. The Morgan fingerprint density at radius 2 is 2.02 bits per heavy atom. The minimum Gasteiger partial charge on any atom is -0.377 e. The standard InChI is InChI=1S/C30H33FN10/c1-20-12-23(7-11-39(20)15-21-4-5-26(38(2)3)25(13-33)27(21)31)40-17-30(18-40,8-9-32)41-16-22(14-37-41)28-24-6-10-34-29(24)36-19-35-28/h4-6,10,14,16,19-20,23H,7-8,11-12,15,17-18H2,1-3H3,(H,34,35,36)/t20-,23?/m1/s1. The van der Waals surface area contributed by atoms with Crippen LogP contribution in [0, 0.1) is 28.5 Å². The third-order valence-electron chi connectivity index (χ3n) is 8.77. The molecule has 2 saturated heterocycles. The number of piperidine rings is 1. The van der Waals surface area contributed by atoms with Crippen molar-refractivity contribution in [2.24, 2.45) is 0 Å². The van der Waals surface area contributed by atoms with Crippen LogP contribution in [0.3, 0.4) is 0 Å². The Kier molecular flexibility index (Phi) is 6.94. The van der Waals surface area contributed by atoms with Gasteiger partial charge in [-0.15, -0.1) is 0 Å². The lowest BCUT2D eigenvalue weighted by Crippen LogP contribution is -2.66. The summed E-state index contributed by atoms with van der Waals surface area (Å²) >= 11 is 0. The molecule has 2 aliphatic heterocycles. The zero-order valence-corrected chi connectivity index (χ0v) is 23.5. The molecule has 1 N–H and O–H groups in total. The van der Waals surface area contributed by atoms with Crippen LogP contribution in [0.2, 0.25) is 0 Å². The first-order valence-electron chi connectivity index (χ1n) is 13.9. The van der Waals surface area contributed by atoms with Gasteiger partial charge in [0, 0.05) is 81.3 Å². The second kappa shape index (κ2) is 10.6. The molecule has 11 heteroatoms. The lowest BCUT2D eigenvalue weighted by molar-refractivity contribution is -0.0520. The fraction of sp³-hybridized carbons (Fsp3) is 0.433. The van der Waals surface area contributed by atoms with Gasteiger partial charge >= 0.3 is 0 Å². The van der Waals surface area contributed by atoms with Gasteiger partial charge < -0.3 is 9.88 Å². The Morgan fingerprint density at radius 1 is 1.20 bits per heavy atom. The first-order chi connectivity index (χ1) is 19.8. The van der Waals surface area contributed by atoms with E-state index in [0.29, 0.717) is 30.3 Å². The number of H-pyrrole nitrogens is 1. The highest BCUT2D eigenvalue weighted by Gasteiger charge is 2.48. The van der Waals surface area contributed by atoms with Crippen LogP contribution in [-0.2, 0) is 12.1 Å². The van der Waals surface area contributed by atoms with Crippen LogP contribution in [0.4, 0.5) is 10.1 Å². The second-order valence-corrected chi connectivity index (χ2v) is 11.5. The van der Waals surface area contributed by atoms with Crippen molar-refractivity contribution in [1.29, 1.82) is 10.5 Å². The predicted octanol–water partition coefficient (Wildman–Crippen LogP) is 3.88. The fourth-order valence-electron chi connectivity index (χ4n) is 6.45. The molecule has 3 aromatic heterocycles. The van der Waals surface area contributed by atoms with E-state index in [1.807, 2.05) is 55.6 Å². The Balaban J connectivity index is 1.12. The third kappa shape index (κ3) is 4.71. The maximum Gasteiger partial charge on any atom is 0.147 e. The van der Waals surface area contributed by atoms with Crippen molar-refractivity contribution in [3.8, 4) is 23.4 Å². The quantitative estimate of drug-likeness (QED) is 0.367. The van der Waals surface area contributed by atoms with E-state index in [1.165, 1.54) is 0 Å². The zero-order chi connectivity index (χ0) is 28.7. The minimum absolute atomic E-state index is 0.100. The molecule has 10 nitrogen and oxygen atoms in total. The molecule has 6 rings (SSSR count).